The van der Waals surface area contributed by atoms with Crippen LogP contribution in [-0.4, -0.2) is 28.7 Å². The molecule has 23 heavy (non-hydrogen) atoms. The van der Waals surface area contributed by atoms with E-state index in [0.717, 1.165) is 21.5 Å². The Morgan fingerprint density at radius 1 is 1.22 bits per heavy atom. The maximum atomic E-state index is 9.43. The summed E-state index contributed by atoms with van der Waals surface area (Å²) in [5.74, 6) is 0.995. The molecule has 0 spiro atoms. The van der Waals surface area contributed by atoms with Crippen molar-refractivity contribution >= 4 is 27.6 Å². The lowest BCUT2D eigenvalue weighted by Gasteiger charge is -2.15. The number of rotatable bonds is 6. The number of benzene rings is 1. The van der Waals surface area contributed by atoms with Crippen molar-refractivity contribution in [3.63, 3.8) is 0 Å². The van der Waals surface area contributed by atoms with Gasteiger partial charge in [-0.15, -0.1) is 0 Å². The lowest BCUT2D eigenvalue weighted by atomic mass is 10.0. The zero-order valence-electron chi connectivity index (χ0n) is 13.9. The van der Waals surface area contributed by atoms with Crippen LogP contribution in [0.15, 0.2) is 28.7 Å². The minimum atomic E-state index is -0.205. The van der Waals surface area contributed by atoms with Crippen LogP contribution in [0.1, 0.15) is 42.8 Å². The number of aliphatic hydroxyl groups is 1. The van der Waals surface area contributed by atoms with Gasteiger partial charge in [0.05, 0.1) is 24.0 Å². The number of nitrogens with zero attached hydrogens (tertiary/aromatic N) is 2. The molecule has 2 rings (SSSR count). The third-order valence-electron chi connectivity index (χ3n) is 3.67. The van der Waals surface area contributed by atoms with Gasteiger partial charge in [-0.1, -0.05) is 19.9 Å². The van der Waals surface area contributed by atoms with Crippen LogP contribution in [0, 0.1) is 6.92 Å². The summed E-state index contributed by atoms with van der Waals surface area (Å²) >= 11 is 3.60. The number of likely N-dealkylation sites (N-methyl/N-ethyl adjacent to an activating group) is 1. The van der Waals surface area contributed by atoms with Gasteiger partial charge in [0.25, 0.3) is 0 Å². The molecular weight excluding hydrogens is 356 g/mol. The Labute approximate surface area is 145 Å². The maximum absolute atomic E-state index is 9.43. The van der Waals surface area contributed by atoms with Crippen molar-refractivity contribution in [1.29, 1.82) is 0 Å². The number of hydrogen-bond donors (Lipinski definition) is 3. The zero-order valence-corrected chi connectivity index (χ0v) is 15.5. The van der Waals surface area contributed by atoms with E-state index in [2.05, 4.69) is 62.5 Å². The van der Waals surface area contributed by atoms with Gasteiger partial charge in [0, 0.05) is 10.2 Å². The number of aliphatic hydroxyl groups excluding tert-OH is 1. The number of aryl methyl sites for hydroxylation is 1. The summed E-state index contributed by atoms with van der Waals surface area (Å²) in [4.78, 5) is 8.93. The molecule has 1 aromatic heterocycles. The molecule has 0 aliphatic rings. The van der Waals surface area contributed by atoms with Gasteiger partial charge in [-0.2, -0.15) is 0 Å². The Morgan fingerprint density at radius 3 is 2.52 bits per heavy atom. The Hall–Kier alpha value is -1.50. The van der Waals surface area contributed by atoms with Gasteiger partial charge in [0.1, 0.15) is 0 Å². The average Bonchev–Trinajstić information content (AvgIpc) is 2.50. The van der Waals surface area contributed by atoms with E-state index in [1.807, 2.05) is 19.1 Å². The van der Waals surface area contributed by atoms with Crippen molar-refractivity contribution in [3.05, 3.63) is 45.7 Å². The van der Waals surface area contributed by atoms with Crippen LogP contribution < -0.4 is 10.6 Å². The number of anilines is 2. The molecule has 1 aromatic carbocycles. The van der Waals surface area contributed by atoms with Crippen molar-refractivity contribution in [1.82, 2.24) is 15.3 Å². The monoisotopic (exact) mass is 378 g/mol. The van der Waals surface area contributed by atoms with E-state index < -0.39 is 0 Å². The van der Waals surface area contributed by atoms with E-state index >= 15 is 0 Å². The highest BCUT2D eigenvalue weighted by Crippen LogP contribution is 2.29. The minimum Gasteiger partial charge on any atom is -0.394 e. The Bertz CT molecular complexity index is 672. The molecule has 0 aliphatic heterocycles. The predicted molar refractivity (Wildman–Crippen MR) is 97.2 cm³/mol. The molecule has 0 saturated carbocycles. The average molecular weight is 379 g/mol. The van der Waals surface area contributed by atoms with Gasteiger partial charge in [-0.05, 0) is 59.6 Å². The molecule has 0 radical (unpaired) electrons. The molecule has 0 aliphatic carbocycles. The first kappa shape index (κ1) is 17.8. The SMILES string of the molecule is CNC(CO)c1cc(C)nc(Nc2ccc(C(C)C)cc2Br)n1. The summed E-state index contributed by atoms with van der Waals surface area (Å²) in [5.41, 5.74) is 3.79. The van der Waals surface area contributed by atoms with Crippen LogP contribution in [-0.2, 0) is 0 Å². The number of hydrogen-bond acceptors (Lipinski definition) is 5. The summed E-state index contributed by atoms with van der Waals surface area (Å²) in [6, 6.07) is 7.89. The first-order valence-corrected chi connectivity index (χ1v) is 8.44. The standard InChI is InChI=1S/C17H23BrN4O/c1-10(2)12-5-6-14(13(18)8-12)21-17-20-11(3)7-15(22-17)16(9-23)19-4/h5-8,10,16,19,23H,9H2,1-4H3,(H,20,21,22). The van der Waals surface area contributed by atoms with Crippen molar-refractivity contribution in [3.8, 4) is 0 Å². The molecular formula is C17H23BrN4O. The van der Waals surface area contributed by atoms with Gasteiger partial charge in [-0.25, -0.2) is 9.97 Å². The predicted octanol–water partition coefficient (Wildman–Crippen LogP) is 3.67. The molecule has 0 bridgehead atoms. The van der Waals surface area contributed by atoms with Gasteiger partial charge < -0.3 is 15.7 Å². The molecule has 1 atom stereocenters. The van der Waals surface area contributed by atoms with E-state index in [1.165, 1.54) is 5.56 Å². The molecule has 5 nitrogen and oxygen atoms in total. The number of aromatic nitrogens is 2. The summed E-state index contributed by atoms with van der Waals surface area (Å²) in [7, 11) is 1.80. The quantitative estimate of drug-likeness (QED) is 0.715. The molecule has 0 saturated heterocycles. The Kier molecular flexibility index (Phi) is 6.10. The van der Waals surface area contributed by atoms with E-state index in [1.54, 1.807) is 7.05 Å². The van der Waals surface area contributed by atoms with E-state index in [-0.39, 0.29) is 12.6 Å². The van der Waals surface area contributed by atoms with Crippen LogP contribution in [0.2, 0.25) is 0 Å². The second kappa shape index (κ2) is 7.86. The molecule has 0 fully saturated rings. The van der Waals surface area contributed by atoms with Crippen molar-refractivity contribution in [2.45, 2.75) is 32.7 Å². The maximum Gasteiger partial charge on any atom is 0.227 e. The molecule has 1 heterocycles. The summed E-state index contributed by atoms with van der Waals surface area (Å²) in [6.07, 6.45) is 0. The van der Waals surface area contributed by atoms with Crippen molar-refractivity contribution < 1.29 is 5.11 Å². The second-order valence-corrected chi connectivity index (χ2v) is 6.65. The first-order chi connectivity index (χ1) is 10.9. The van der Waals surface area contributed by atoms with Gasteiger partial charge in [0.15, 0.2) is 0 Å². The normalized spacial score (nSPS) is 12.5. The Morgan fingerprint density at radius 2 is 1.96 bits per heavy atom. The summed E-state index contributed by atoms with van der Waals surface area (Å²) in [5, 5.41) is 15.7. The highest BCUT2D eigenvalue weighted by atomic mass is 79.9. The molecule has 6 heteroatoms. The molecule has 2 aromatic rings. The third-order valence-corrected chi connectivity index (χ3v) is 4.32. The van der Waals surface area contributed by atoms with E-state index in [4.69, 9.17) is 0 Å². The molecule has 1 unspecified atom stereocenters. The van der Waals surface area contributed by atoms with Crippen LogP contribution >= 0.6 is 15.9 Å². The second-order valence-electron chi connectivity index (χ2n) is 5.80. The van der Waals surface area contributed by atoms with Crippen molar-refractivity contribution in [2.24, 2.45) is 0 Å². The zero-order chi connectivity index (χ0) is 17.0. The lowest BCUT2D eigenvalue weighted by molar-refractivity contribution is 0.248. The molecule has 3 N–H and O–H groups in total. The summed E-state index contributed by atoms with van der Waals surface area (Å²) in [6.45, 7) is 6.23. The first-order valence-electron chi connectivity index (χ1n) is 7.64. The highest BCUT2D eigenvalue weighted by Gasteiger charge is 2.13. The van der Waals surface area contributed by atoms with Crippen LogP contribution in [0.4, 0.5) is 11.6 Å². The van der Waals surface area contributed by atoms with Crippen LogP contribution in [0.3, 0.4) is 0 Å². The van der Waals surface area contributed by atoms with Crippen molar-refractivity contribution in [2.75, 3.05) is 19.0 Å². The topological polar surface area (TPSA) is 70.1 Å². The lowest BCUT2D eigenvalue weighted by Crippen LogP contribution is -2.22. The van der Waals surface area contributed by atoms with E-state index in [0.29, 0.717) is 11.9 Å². The minimum absolute atomic E-state index is 0.0147. The molecule has 0 amide bonds. The Balaban J connectivity index is 2.29. The molecule has 124 valence electrons. The van der Waals surface area contributed by atoms with Gasteiger partial charge in [-0.3, -0.25) is 0 Å². The number of halogens is 1. The fourth-order valence-electron chi connectivity index (χ4n) is 2.27. The highest BCUT2D eigenvalue weighted by molar-refractivity contribution is 9.10. The summed E-state index contributed by atoms with van der Waals surface area (Å²) < 4.78 is 0.975. The van der Waals surface area contributed by atoms with Gasteiger partial charge >= 0.3 is 0 Å². The fraction of sp³-hybridized carbons (Fsp3) is 0.412. The smallest absolute Gasteiger partial charge is 0.227 e. The van der Waals surface area contributed by atoms with Crippen LogP contribution in [0.25, 0.3) is 0 Å². The van der Waals surface area contributed by atoms with Gasteiger partial charge in [0.2, 0.25) is 5.95 Å². The third kappa shape index (κ3) is 4.50. The van der Waals surface area contributed by atoms with E-state index in [9.17, 15) is 5.11 Å². The largest absolute Gasteiger partial charge is 0.394 e. The number of nitrogens with one attached hydrogen (secondary N) is 2. The van der Waals surface area contributed by atoms with Crippen LogP contribution in [0.5, 0.6) is 0 Å². The fourth-order valence-corrected chi connectivity index (χ4v) is 2.77.